The lowest BCUT2D eigenvalue weighted by atomic mass is 9.99. The van der Waals surface area contributed by atoms with Gasteiger partial charge >= 0.3 is 0 Å². The molecule has 0 atom stereocenters. The topological polar surface area (TPSA) is 137 Å². The van der Waals surface area contributed by atoms with Crippen LogP contribution in [0.15, 0.2) is 40.2 Å². The Balaban J connectivity index is 1.65. The molecule has 12 heteroatoms. The Hall–Kier alpha value is -4.06. The van der Waals surface area contributed by atoms with E-state index in [2.05, 4.69) is 20.3 Å². The van der Waals surface area contributed by atoms with Gasteiger partial charge in [0, 0.05) is 41.3 Å². The lowest BCUT2D eigenvalue weighted by molar-refractivity contribution is 0.415. The fraction of sp³-hybridized carbons (Fsp3) is 0.250. The summed E-state index contributed by atoms with van der Waals surface area (Å²) >= 11 is 0. The zero-order valence-electron chi connectivity index (χ0n) is 20.1. The molecule has 3 N–H and O–H groups in total. The minimum absolute atomic E-state index is 0.0610. The number of nitrogen functional groups attached to an aromatic ring is 1. The molecule has 0 fully saturated rings. The number of nitrogens with one attached hydrogen (secondary N) is 1. The molecule has 0 amide bonds. The third kappa shape index (κ3) is 3.92. The molecule has 2 aromatic carbocycles. The van der Waals surface area contributed by atoms with Gasteiger partial charge < -0.3 is 15.8 Å². The highest BCUT2D eigenvalue weighted by Gasteiger charge is 2.25. The molecule has 1 aliphatic heterocycles. The average molecular weight is 510 g/mol. The summed E-state index contributed by atoms with van der Waals surface area (Å²) in [7, 11) is -1.97. The standard InChI is InChI=1S/C24H24FN7O3S/c1-12(2)32-23-20(21(31-32)14-6-7-17(25)16-11-27-10-15(14)16)22(26)29-24(30-23)28-18-8-5-13(36(4,33)34)9-19(18)35-3/h5-10,12H,11H2,1-4H3,(H3,26,28,29,30). The molecule has 0 aliphatic carbocycles. The van der Waals surface area contributed by atoms with Crippen LogP contribution in [0.2, 0.25) is 0 Å². The van der Waals surface area contributed by atoms with Crippen LogP contribution >= 0.6 is 0 Å². The van der Waals surface area contributed by atoms with Crippen LogP contribution in [0.1, 0.15) is 31.0 Å². The molecule has 0 saturated heterocycles. The number of nitrogens with two attached hydrogens (primary N) is 1. The molecular weight excluding hydrogens is 485 g/mol. The van der Waals surface area contributed by atoms with Crippen LogP contribution in [0.5, 0.6) is 5.75 Å². The minimum atomic E-state index is -3.41. The second kappa shape index (κ2) is 8.55. The van der Waals surface area contributed by atoms with E-state index in [0.717, 1.165) is 6.26 Å². The molecule has 10 nitrogen and oxygen atoms in total. The van der Waals surface area contributed by atoms with E-state index in [9.17, 15) is 12.8 Å². The Labute approximate surface area is 207 Å². The zero-order chi connectivity index (χ0) is 25.8. The highest BCUT2D eigenvalue weighted by Crippen LogP contribution is 2.37. The molecule has 0 radical (unpaired) electrons. The van der Waals surface area contributed by atoms with Gasteiger partial charge in [0.1, 0.15) is 23.1 Å². The van der Waals surface area contributed by atoms with Gasteiger partial charge in [-0.3, -0.25) is 4.99 Å². The number of ether oxygens (including phenoxy) is 1. The monoisotopic (exact) mass is 509 g/mol. The van der Waals surface area contributed by atoms with E-state index in [1.807, 2.05) is 13.8 Å². The van der Waals surface area contributed by atoms with E-state index in [0.29, 0.717) is 44.9 Å². The van der Waals surface area contributed by atoms with Gasteiger partial charge in [-0.1, -0.05) is 0 Å². The van der Waals surface area contributed by atoms with Crippen LogP contribution in [0.3, 0.4) is 0 Å². The number of sulfone groups is 1. The SMILES string of the molecule is COc1cc(S(C)(=O)=O)ccc1Nc1nc(N)c2c(-c3ccc(F)c4c3C=NC4)nn(C(C)C)c2n1. The van der Waals surface area contributed by atoms with E-state index in [-0.39, 0.29) is 35.1 Å². The fourth-order valence-corrected chi connectivity index (χ4v) is 4.81. The molecule has 36 heavy (non-hydrogen) atoms. The van der Waals surface area contributed by atoms with Crippen LogP contribution in [0.4, 0.5) is 21.8 Å². The molecule has 0 spiro atoms. The van der Waals surface area contributed by atoms with Crippen molar-refractivity contribution in [2.75, 3.05) is 24.4 Å². The van der Waals surface area contributed by atoms with Crippen molar-refractivity contribution in [3.63, 3.8) is 0 Å². The van der Waals surface area contributed by atoms with Crippen molar-refractivity contribution < 1.29 is 17.5 Å². The lowest BCUT2D eigenvalue weighted by Crippen LogP contribution is -2.07. The number of aromatic nitrogens is 4. The van der Waals surface area contributed by atoms with Crippen LogP contribution in [0.25, 0.3) is 22.3 Å². The van der Waals surface area contributed by atoms with Gasteiger partial charge in [-0.15, -0.1) is 0 Å². The average Bonchev–Trinajstić information content (AvgIpc) is 3.45. The predicted molar refractivity (Wildman–Crippen MR) is 136 cm³/mol. The summed E-state index contributed by atoms with van der Waals surface area (Å²) in [5, 5.41) is 8.39. The van der Waals surface area contributed by atoms with Gasteiger partial charge in [-0.25, -0.2) is 17.5 Å². The van der Waals surface area contributed by atoms with E-state index < -0.39 is 9.84 Å². The van der Waals surface area contributed by atoms with Crippen molar-refractivity contribution in [3.05, 3.63) is 47.3 Å². The van der Waals surface area contributed by atoms with Crippen LogP contribution < -0.4 is 15.8 Å². The first-order chi connectivity index (χ1) is 17.1. The van der Waals surface area contributed by atoms with Gasteiger partial charge in [0.15, 0.2) is 15.5 Å². The second-order valence-corrected chi connectivity index (χ2v) is 10.7. The number of nitrogens with zero attached hydrogens (tertiary/aromatic N) is 5. The number of methoxy groups -OCH3 is 1. The van der Waals surface area contributed by atoms with E-state index in [4.69, 9.17) is 15.6 Å². The van der Waals surface area contributed by atoms with Crippen molar-refractivity contribution in [1.82, 2.24) is 19.7 Å². The molecule has 0 bridgehead atoms. The Bertz CT molecular complexity index is 1660. The van der Waals surface area contributed by atoms with Crippen molar-refractivity contribution in [1.29, 1.82) is 0 Å². The Morgan fingerprint density at radius 3 is 2.67 bits per heavy atom. The largest absolute Gasteiger partial charge is 0.495 e. The molecule has 4 aromatic rings. The van der Waals surface area contributed by atoms with Crippen molar-refractivity contribution in [3.8, 4) is 17.0 Å². The zero-order valence-corrected chi connectivity index (χ0v) is 20.9. The number of hydrogen-bond acceptors (Lipinski definition) is 9. The maximum absolute atomic E-state index is 14.3. The Morgan fingerprint density at radius 2 is 1.97 bits per heavy atom. The third-order valence-corrected chi connectivity index (χ3v) is 7.05. The van der Waals surface area contributed by atoms with E-state index >= 15 is 0 Å². The summed E-state index contributed by atoms with van der Waals surface area (Å²) in [6, 6.07) is 7.47. The number of fused-ring (bicyclic) bond motifs is 2. The Kier molecular flexibility index (Phi) is 5.62. The van der Waals surface area contributed by atoms with E-state index in [1.54, 1.807) is 23.0 Å². The lowest BCUT2D eigenvalue weighted by Gasteiger charge is -2.13. The van der Waals surface area contributed by atoms with Gasteiger partial charge in [0.05, 0.1) is 29.6 Å². The normalized spacial score (nSPS) is 12.9. The molecule has 2 aromatic heterocycles. The summed E-state index contributed by atoms with van der Waals surface area (Å²) in [6.07, 6.45) is 2.77. The molecule has 3 heterocycles. The van der Waals surface area contributed by atoms with Crippen molar-refractivity contribution >= 4 is 44.5 Å². The highest BCUT2D eigenvalue weighted by molar-refractivity contribution is 7.90. The minimum Gasteiger partial charge on any atom is -0.495 e. The molecular formula is C24H24FN7O3S. The van der Waals surface area contributed by atoms with Crippen molar-refractivity contribution in [2.24, 2.45) is 4.99 Å². The van der Waals surface area contributed by atoms with Crippen LogP contribution in [-0.2, 0) is 16.4 Å². The molecule has 0 unspecified atom stereocenters. The summed E-state index contributed by atoms with van der Waals surface area (Å²) in [6.45, 7) is 4.20. The maximum Gasteiger partial charge on any atom is 0.231 e. The number of rotatable bonds is 6. The summed E-state index contributed by atoms with van der Waals surface area (Å²) in [4.78, 5) is 13.5. The van der Waals surface area contributed by atoms with Crippen molar-refractivity contribution in [2.45, 2.75) is 31.3 Å². The number of benzene rings is 2. The van der Waals surface area contributed by atoms with Gasteiger partial charge in [0.2, 0.25) is 5.95 Å². The molecule has 5 rings (SSSR count). The van der Waals surface area contributed by atoms with Gasteiger partial charge in [0.25, 0.3) is 0 Å². The highest BCUT2D eigenvalue weighted by atomic mass is 32.2. The van der Waals surface area contributed by atoms with Crippen LogP contribution in [0, 0.1) is 5.82 Å². The molecule has 0 saturated carbocycles. The smallest absolute Gasteiger partial charge is 0.231 e. The summed E-state index contributed by atoms with van der Waals surface area (Å²) < 4.78 is 45.3. The third-order valence-electron chi connectivity index (χ3n) is 5.94. The maximum atomic E-state index is 14.3. The Morgan fingerprint density at radius 1 is 1.19 bits per heavy atom. The number of aliphatic imine (C=N–C) groups is 1. The first kappa shape index (κ1) is 23.7. The first-order valence-electron chi connectivity index (χ1n) is 11.1. The summed E-state index contributed by atoms with van der Waals surface area (Å²) in [5.74, 6) is 0.360. The van der Waals surface area contributed by atoms with Crippen LogP contribution in [-0.4, -0.2) is 47.7 Å². The number of hydrogen-bond donors (Lipinski definition) is 2. The number of halogens is 1. The van der Waals surface area contributed by atoms with Gasteiger partial charge in [-0.05, 0) is 38.1 Å². The molecule has 1 aliphatic rings. The second-order valence-electron chi connectivity index (χ2n) is 8.73. The fourth-order valence-electron chi connectivity index (χ4n) is 4.18. The summed E-state index contributed by atoms with van der Waals surface area (Å²) in [5.41, 5.74) is 9.82. The van der Waals surface area contributed by atoms with Gasteiger partial charge in [-0.2, -0.15) is 15.1 Å². The predicted octanol–water partition coefficient (Wildman–Crippen LogP) is 3.88. The first-order valence-corrected chi connectivity index (χ1v) is 13.0. The quantitative estimate of drug-likeness (QED) is 0.399. The van der Waals surface area contributed by atoms with E-state index in [1.165, 1.54) is 25.3 Å². The molecule has 186 valence electrons. The number of anilines is 3.